The molecule has 0 saturated carbocycles. The lowest BCUT2D eigenvalue weighted by Crippen LogP contribution is -2.35. The molecular formula is C13H25N3S. The van der Waals surface area contributed by atoms with Gasteiger partial charge in [0, 0.05) is 18.4 Å². The summed E-state index contributed by atoms with van der Waals surface area (Å²) in [5, 5.41) is 4.77. The third-order valence-corrected chi connectivity index (χ3v) is 3.91. The van der Waals surface area contributed by atoms with Gasteiger partial charge in [-0.25, -0.2) is 4.98 Å². The highest BCUT2D eigenvalue weighted by atomic mass is 32.1. The summed E-state index contributed by atoms with van der Waals surface area (Å²) in [5.41, 5.74) is 0. The lowest BCUT2D eigenvalue weighted by atomic mass is 9.90. The molecule has 2 atom stereocenters. The maximum absolute atomic E-state index is 4.65. The molecule has 1 aromatic heterocycles. The first kappa shape index (κ1) is 14.6. The van der Waals surface area contributed by atoms with Gasteiger partial charge in [0.1, 0.15) is 10.8 Å². The molecule has 0 aromatic carbocycles. The summed E-state index contributed by atoms with van der Waals surface area (Å²) in [6.45, 7) is 12.2. The van der Waals surface area contributed by atoms with Crippen LogP contribution in [0.2, 0.25) is 0 Å². The van der Waals surface area contributed by atoms with E-state index in [1.54, 1.807) is 11.5 Å². The number of nitrogens with one attached hydrogen (secondary N) is 1. The van der Waals surface area contributed by atoms with Gasteiger partial charge in [-0.3, -0.25) is 0 Å². The van der Waals surface area contributed by atoms with Crippen molar-refractivity contribution < 1.29 is 0 Å². The minimum Gasteiger partial charge on any atom is -0.314 e. The van der Waals surface area contributed by atoms with Gasteiger partial charge in [-0.1, -0.05) is 27.7 Å². The van der Waals surface area contributed by atoms with Crippen molar-refractivity contribution in [3.63, 3.8) is 0 Å². The van der Waals surface area contributed by atoms with Crippen molar-refractivity contribution in [1.29, 1.82) is 0 Å². The molecule has 2 unspecified atom stereocenters. The molecule has 1 N–H and O–H groups in total. The van der Waals surface area contributed by atoms with Gasteiger partial charge in [0.15, 0.2) is 0 Å². The normalized spacial score (nSPS) is 15.2. The van der Waals surface area contributed by atoms with Crippen LogP contribution in [0.4, 0.5) is 0 Å². The molecule has 1 heterocycles. The molecule has 0 aliphatic heterocycles. The van der Waals surface area contributed by atoms with E-state index in [0.717, 1.165) is 18.8 Å². The number of aromatic nitrogens is 2. The van der Waals surface area contributed by atoms with Crippen molar-refractivity contribution in [2.45, 2.75) is 59.4 Å². The van der Waals surface area contributed by atoms with Gasteiger partial charge in [-0.2, -0.15) is 4.37 Å². The fourth-order valence-corrected chi connectivity index (χ4v) is 3.23. The van der Waals surface area contributed by atoms with E-state index in [1.165, 1.54) is 11.4 Å². The summed E-state index contributed by atoms with van der Waals surface area (Å²) in [6, 6.07) is 0.465. The van der Waals surface area contributed by atoms with E-state index >= 15 is 0 Å². The van der Waals surface area contributed by atoms with Crippen LogP contribution in [0.15, 0.2) is 0 Å². The zero-order valence-electron chi connectivity index (χ0n) is 11.7. The zero-order chi connectivity index (χ0) is 12.8. The lowest BCUT2D eigenvalue weighted by Gasteiger charge is -2.26. The Balaban J connectivity index is 2.77. The molecule has 0 fully saturated rings. The monoisotopic (exact) mass is 255 g/mol. The van der Waals surface area contributed by atoms with Crippen LogP contribution in [-0.4, -0.2) is 21.9 Å². The van der Waals surface area contributed by atoms with Crippen LogP contribution in [0.5, 0.6) is 0 Å². The Morgan fingerprint density at radius 1 is 1.24 bits per heavy atom. The molecule has 0 radical (unpaired) electrons. The Bertz CT molecular complexity index is 322. The largest absolute Gasteiger partial charge is 0.314 e. The van der Waals surface area contributed by atoms with Crippen molar-refractivity contribution in [2.75, 3.05) is 6.54 Å². The maximum Gasteiger partial charge on any atom is 0.142 e. The molecule has 0 aliphatic carbocycles. The minimum absolute atomic E-state index is 0.465. The molecule has 1 aromatic rings. The van der Waals surface area contributed by atoms with E-state index in [1.807, 2.05) is 0 Å². The number of aryl methyl sites for hydroxylation is 1. The average Bonchev–Trinajstić information content (AvgIpc) is 2.74. The highest BCUT2D eigenvalue weighted by Gasteiger charge is 2.25. The van der Waals surface area contributed by atoms with E-state index in [0.29, 0.717) is 17.9 Å². The van der Waals surface area contributed by atoms with Gasteiger partial charge >= 0.3 is 0 Å². The predicted molar refractivity (Wildman–Crippen MR) is 74.6 cm³/mol. The van der Waals surface area contributed by atoms with Gasteiger partial charge < -0.3 is 5.32 Å². The molecule has 98 valence electrons. The Morgan fingerprint density at radius 3 is 2.41 bits per heavy atom. The van der Waals surface area contributed by atoms with Crippen LogP contribution in [0, 0.1) is 5.92 Å². The standard InChI is InChI=1S/C13H25N3S/c1-6-8-14-10(5)12(9(3)4)13-15-11(7-2)16-17-13/h9-10,12,14H,6-8H2,1-5H3. The molecular weight excluding hydrogens is 230 g/mol. The highest BCUT2D eigenvalue weighted by Crippen LogP contribution is 2.29. The summed E-state index contributed by atoms with van der Waals surface area (Å²) in [7, 11) is 0. The van der Waals surface area contributed by atoms with Crippen molar-refractivity contribution in [2.24, 2.45) is 5.92 Å². The molecule has 0 spiro atoms. The first-order valence-electron chi connectivity index (χ1n) is 6.65. The van der Waals surface area contributed by atoms with Gasteiger partial charge in [-0.15, -0.1) is 0 Å². The van der Waals surface area contributed by atoms with E-state index in [-0.39, 0.29) is 0 Å². The molecule has 0 bridgehead atoms. The van der Waals surface area contributed by atoms with Crippen molar-refractivity contribution in [1.82, 2.24) is 14.7 Å². The third-order valence-electron chi connectivity index (χ3n) is 3.06. The SMILES string of the molecule is CCCNC(C)C(c1nc(CC)ns1)C(C)C. The molecule has 4 heteroatoms. The smallest absolute Gasteiger partial charge is 0.142 e. The van der Waals surface area contributed by atoms with Crippen LogP contribution >= 0.6 is 11.5 Å². The fraction of sp³-hybridized carbons (Fsp3) is 0.846. The number of nitrogens with zero attached hydrogens (tertiary/aromatic N) is 2. The fourth-order valence-electron chi connectivity index (χ4n) is 2.12. The topological polar surface area (TPSA) is 37.8 Å². The van der Waals surface area contributed by atoms with Gasteiger partial charge in [0.2, 0.25) is 0 Å². The van der Waals surface area contributed by atoms with Crippen LogP contribution in [0.25, 0.3) is 0 Å². The van der Waals surface area contributed by atoms with Gasteiger partial charge in [0.25, 0.3) is 0 Å². The number of hydrogen-bond acceptors (Lipinski definition) is 4. The number of rotatable bonds is 7. The summed E-state index contributed by atoms with van der Waals surface area (Å²) < 4.78 is 4.40. The second kappa shape index (κ2) is 7.07. The summed E-state index contributed by atoms with van der Waals surface area (Å²) in [6.07, 6.45) is 2.10. The first-order chi connectivity index (χ1) is 8.10. The first-order valence-corrected chi connectivity index (χ1v) is 7.43. The predicted octanol–water partition coefficient (Wildman–Crippen LogP) is 3.23. The zero-order valence-corrected chi connectivity index (χ0v) is 12.5. The summed E-state index contributed by atoms with van der Waals surface area (Å²) >= 11 is 1.57. The van der Waals surface area contributed by atoms with E-state index < -0.39 is 0 Å². The second-order valence-corrected chi connectivity index (χ2v) is 5.70. The maximum atomic E-state index is 4.65. The molecule has 3 nitrogen and oxygen atoms in total. The van der Waals surface area contributed by atoms with Crippen LogP contribution < -0.4 is 5.32 Å². The van der Waals surface area contributed by atoms with Gasteiger partial charge in [-0.05, 0) is 37.3 Å². The van der Waals surface area contributed by atoms with E-state index in [2.05, 4.69) is 49.3 Å². The average molecular weight is 255 g/mol. The Kier molecular flexibility index (Phi) is 6.06. The third kappa shape index (κ3) is 4.03. The Labute approximate surface area is 109 Å². The van der Waals surface area contributed by atoms with Crippen LogP contribution in [0.1, 0.15) is 57.8 Å². The van der Waals surface area contributed by atoms with Crippen LogP contribution in [0.3, 0.4) is 0 Å². The van der Waals surface area contributed by atoms with E-state index in [4.69, 9.17) is 0 Å². The molecule has 17 heavy (non-hydrogen) atoms. The lowest BCUT2D eigenvalue weighted by molar-refractivity contribution is 0.376. The second-order valence-electron chi connectivity index (χ2n) is 4.91. The van der Waals surface area contributed by atoms with Crippen molar-refractivity contribution >= 4 is 11.5 Å². The van der Waals surface area contributed by atoms with Crippen molar-refractivity contribution in [3.05, 3.63) is 10.8 Å². The van der Waals surface area contributed by atoms with Crippen molar-refractivity contribution in [3.8, 4) is 0 Å². The van der Waals surface area contributed by atoms with Crippen LogP contribution in [-0.2, 0) is 6.42 Å². The van der Waals surface area contributed by atoms with E-state index in [9.17, 15) is 0 Å². The van der Waals surface area contributed by atoms with Gasteiger partial charge in [0.05, 0.1) is 0 Å². The molecule has 0 saturated heterocycles. The molecule has 0 amide bonds. The quantitative estimate of drug-likeness (QED) is 0.813. The Hall–Kier alpha value is -0.480. The molecule has 0 aliphatic rings. The number of hydrogen-bond donors (Lipinski definition) is 1. The summed E-state index contributed by atoms with van der Waals surface area (Å²) in [5.74, 6) is 2.05. The Morgan fingerprint density at radius 2 is 1.94 bits per heavy atom. The molecule has 1 rings (SSSR count). The highest BCUT2D eigenvalue weighted by molar-refractivity contribution is 7.05. The summed E-state index contributed by atoms with van der Waals surface area (Å²) in [4.78, 5) is 4.65. The minimum atomic E-state index is 0.465.